The Kier molecular flexibility index (Phi) is 3.64. The van der Waals surface area contributed by atoms with Gasteiger partial charge in [0.1, 0.15) is 5.75 Å². The van der Waals surface area contributed by atoms with E-state index in [1.807, 2.05) is 31.2 Å². The molecule has 0 aliphatic heterocycles. The largest absolute Gasteiger partial charge is 0.497 e. The summed E-state index contributed by atoms with van der Waals surface area (Å²) in [5, 5.41) is 0. The summed E-state index contributed by atoms with van der Waals surface area (Å²) in [6.45, 7) is 2.01. The molecule has 90 valence electrons. The summed E-state index contributed by atoms with van der Waals surface area (Å²) >= 11 is 0. The van der Waals surface area contributed by atoms with Crippen molar-refractivity contribution in [1.29, 1.82) is 0 Å². The van der Waals surface area contributed by atoms with Gasteiger partial charge in [-0.25, -0.2) is 0 Å². The second kappa shape index (κ2) is 5.37. The third-order valence-corrected chi connectivity index (χ3v) is 2.93. The summed E-state index contributed by atoms with van der Waals surface area (Å²) in [5.74, 6) is 3.63. The summed E-state index contributed by atoms with van der Waals surface area (Å²) in [4.78, 5) is 4.02. The van der Waals surface area contributed by atoms with E-state index < -0.39 is 0 Å². The van der Waals surface area contributed by atoms with E-state index in [0.29, 0.717) is 0 Å². The van der Waals surface area contributed by atoms with E-state index in [0.717, 1.165) is 22.4 Å². The standard InChI is InChI=1S/C16H15NO/c1-4-12(2)14-9-15(11-16(10-14)18-3)13-5-7-17-8-6-13/h1,5-12H,2-3H3. The molecule has 0 spiro atoms. The number of aromatic nitrogens is 1. The Hall–Kier alpha value is -2.27. The Morgan fingerprint density at radius 3 is 2.50 bits per heavy atom. The van der Waals surface area contributed by atoms with Gasteiger partial charge in [0.25, 0.3) is 0 Å². The van der Waals surface area contributed by atoms with Crippen LogP contribution in [0.15, 0.2) is 42.7 Å². The molecule has 2 heteroatoms. The summed E-state index contributed by atoms with van der Waals surface area (Å²) in [7, 11) is 1.66. The van der Waals surface area contributed by atoms with Crippen molar-refractivity contribution in [3.63, 3.8) is 0 Å². The average Bonchev–Trinajstić information content (AvgIpc) is 2.46. The Labute approximate surface area is 108 Å². The normalized spacial score (nSPS) is 11.6. The molecule has 2 rings (SSSR count). The summed E-state index contributed by atoms with van der Waals surface area (Å²) in [6.07, 6.45) is 9.04. The second-order valence-corrected chi connectivity index (χ2v) is 4.12. The van der Waals surface area contributed by atoms with Gasteiger partial charge in [0.15, 0.2) is 0 Å². The lowest BCUT2D eigenvalue weighted by atomic mass is 9.96. The van der Waals surface area contributed by atoms with Crippen molar-refractivity contribution in [3.05, 3.63) is 48.3 Å². The van der Waals surface area contributed by atoms with Crippen molar-refractivity contribution >= 4 is 0 Å². The molecule has 1 atom stereocenters. The molecule has 1 aromatic heterocycles. The van der Waals surface area contributed by atoms with Crippen LogP contribution in [0.4, 0.5) is 0 Å². The zero-order chi connectivity index (χ0) is 13.0. The van der Waals surface area contributed by atoms with Gasteiger partial charge in [-0.05, 0) is 53.9 Å². The Balaban J connectivity index is 2.52. The summed E-state index contributed by atoms with van der Waals surface area (Å²) < 4.78 is 5.33. The van der Waals surface area contributed by atoms with E-state index in [1.54, 1.807) is 19.5 Å². The minimum absolute atomic E-state index is 0.0701. The van der Waals surface area contributed by atoms with E-state index in [2.05, 4.69) is 17.0 Å². The topological polar surface area (TPSA) is 22.1 Å². The van der Waals surface area contributed by atoms with Gasteiger partial charge in [0, 0.05) is 18.3 Å². The van der Waals surface area contributed by atoms with Crippen molar-refractivity contribution in [3.8, 4) is 29.2 Å². The van der Waals surface area contributed by atoms with E-state index in [1.165, 1.54) is 0 Å². The van der Waals surface area contributed by atoms with E-state index >= 15 is 0 Å². The lowest BCUT2D eigenvalue weighted by Crippen LogP contribution is -1.93. The molecular formula is C16H15NO. The first-order valence-corrected chi connectivity index (χ1v) is 5.80. The fourth-order valence-corrected chi connectivity index (χ4v) is 1.80. The maximum atomic E-state index is 5.48. The minimum atomic E-state index is 0.0701. The molecule has 0 aliphatic carbocycles. The highest BCUT2D eigenvalue weighted by atomic mass is 16.5. The average molecular weight is 237 g/mol. The molecule has 2 nitrogen and oxygen atoms in total. The van der Waals surface area contributed by atoms with Crippen LogP contribution in [-0.4, -0.2) is 12.1 Å². The fourth-order valence-electron chi connectivity index (χ4n) is 1.80. The van der Waals surface area contributed by atoms with Gasteiger partial charge in [-0.3, -0.25) is 4.98 Å². The first kappa shape index (κ1) is 12.2. The van der Waals surface area contributed by atoms with Crippen molar-refractivity contribution in [1.82, 2.24) is 4.98 Å². The zero-order valence-electron chi connectivity index (χ0n) is 10.6. The molecule has 1 aromatic carbocycles. The Morgan fingerprint density at radius 1 is 1.17 bits per heavy atom. The number of hydrogen-bond acceptors (Lipinski definition) is 2. The molecule has 0 N–H and O–H groups in total. The quantitative estimate of drug-likeness (QED) is 0.762. The highest BCUT2D eigenvalue weighted by Gasteiger charge is 2.07. The van der Waals surface area contributed by atoms with Crippen molar-refractivity contribution < 1.29 is 4.74 Å². The third-order valence-electron chi connectivity index (χ3n) is 2.93. The molecule has 1 unspecified atom stereocenters. The number of methoxy groups -OCH3 is 1. The number of hydrogen-bond donors (Lipinski definition) is 0. The van der Waals surface area contributed by atoms with Crippen LogP contribution in [-0.2, 0) is 0 Å². The SMILES string of the molecule is C#CC(C)c1cc(OC)cc(-c2ccncc2)c1. The van der Waals surface area contributed by atoms with Crippen molar-refractivity contribution in [2.45, 2.75) is 12.8 Å². The molecule has 0 fully saturated rings. The predicted octanol–water partition coefficient (Wildman–Crippen LogP) is 3.49. The molecule has 18 heavy (non-hydrogen) atoms. The maximum absolute atomic E-state index is 5.48. The van der Waals surface area contributed by atoms with Gasteiger partial charge < -0.3 is 4.74 Å². The van der Waals surface area contributed by atoms with Gasteiger partial charge in [-0.15, -0.1) is 6.42 Å². The summed E-state index contributed by atoms with van der Waals surface area (Å²) in [5.41, 5.74) is 3.28. The minimum Gasteiger partial charge on any atom is -0.497 e. The first-order chi connectivity index (χ1) is 8.74. The molecule has 0 saturated heterocycles. The first-order valence-electron chi connectivity index (χ1n) is 5.80. The van der Waals surface area contributed by atoms with Crippen molar-refractivity contribution in [2.75, 3.05) is 7.11 Å². The van der Waals surface area contributed by atoms with Crippen LogP contribution in [0.1, 0.15) is 18.4 Å². The lowest BCUT2D eigenvalue weighted by molar-refractivity contribution is 0.414. The van der Waals surface area contributed by atoms with Gasteiger partial charge in [0.05, 0.1) is 7.11 Å². The molecular weight excluding hydrogens is 222 g/mol. The fraction of sp³-hybridized carbons (Fsp3) is 0.188. The molecule has 1 heterocycles. The maximum Gasteiger partial charge on any atom is 0.119 e. The lowest BCUT2D eigenvalue weighted by Gasteiger charge is -2.11. The Bertz CT molecular complexity index is 569. The molecule has 2 aromatic rings. The predicted molar refractivity (Wildman–Crippen MR) is 73.5 cm³/mol. The van der Waals surface area contributed by atoms with E-state index in [-0.39, 0.29) is 5.92 Å². The number of terminal acetylenes is 1. The molecule has 0 amide bonds. The van der Waals surface area contributed by atoms with Gasteiger partial charge in [-0.1, -0.05) is 5.92 Å². The Morgan fingerprint density at radius 2 is 1.89 bits per heavy atom. The van der Waals surface area contributed by atoms with Crippen LogP contribution < -0.4 is 4.74 Å². The van der Waals surface area contributed by atoms with Gasteiger partial charge in [0.2, 0.25) is 0 Å². The number of benzene rings is 1. The highest BCUT2D eigenvalue weighted by Crippen LogP contribution is 2.28. The number of nitrogens with zero attached hydrogens (tertiary/aromatic N) is 1. The summed E-state index contributed by atoms with van der Waals surface area (Å²) in [6, 6.07) is 10.0. The molecule has 0 saturated carbocycles. The van der Waals surface area contributed by atoms with Crippen LogP contribution >= 0.6 is 0 Å². The third kappa shape index (κ3) is 2.52. The molecule has 0 radical (unpaired) electrons. The van der Waals surface area contributed by atoms with Crippen LogP contribution in [0.25, 0.3) is 11.1 Å². The smallest absolute Gasteiger partial charge is 0.119 e. The van der Waals surface area contributed by atoms with Gasteiger partial charge in [-0.2, -0.15) is 0 Å². The van der Waals surface area contributed by atoms with Crippen LogP contribution in [0, 0.1) is 12.3 Å². The van der Waals surface area contributed by atoms with Crippen LogP contribution in [0.5, 0.6) is 5.75 Å². The van der Waals surface area contributed by atoms with Crippen LogP contribution in [0.2, 0.25) is 0 Å². The highest BCUT2D eigenvalue weighted by molar-refractivity contribution is 5.66. The van der Waals surface area contributed by atoms with Gasteiger partial charge >= 0.3 is 0 Å². The van der Waals surface area contributed by atoms with E-state index in [4.69, 9.17) is 11.2 Å². The van der Waals surface area contributed by atoms with E-state index in [9.17, 15) is 0 Å². The number of rotatable bonds is 3. The molecule has 0 bridgehead atoms. The zero-order valence-corrected chi connectivity index (χ0v) is 10.6. The van der Waals surface area contributed by atoms with Crippen molar-refractivity contribution in [2.24, 2.45) is 0 Å². The second-order valence-electron chi connectivity index (χ2n) is 4.12. The number of ether oxygens (including phenoxy) is 1. The number of pyridine rings is 1. The monoisotopic (exact) mass is 237 g/mol. The van der Waals surface area contributed by atoms with Crippen LogP contribution in [0.3, 0.4) is 0 Å². The molecule has 0 aliphatic rings.